The molecule has 96 valence electrons. The number of rotatable bonds is 2. The first-order chi connectivity index (χ1) is 9.31. The summed E-state index contributed by atoms with van der Waals surface area (Å²) in [5, 5.41) is 0.785. The van der Waals surface area contributed by atoms with E-state index in [1.807, 2.05) is 12.1 Å². The van der Waals surface area contributed by atoms with Gasteiger partial charge < -0.3 is 9.64 Å². The molecule has 19 heavy (non-hydrogen) atoms. The second kappa shape index (κ2) is 4.44. The largest absolute Gasteiger partial charge is 0.371 e. The first-order valence-corrected chi connectivity index (χ1v) is 7.46. The zero-order valence-corrected chi connectivity index (χ0v) is 11.7. The average Bonchev–Trinajstić information content (AvgIpc) is 3.22. The molecule has 0 saturated carbocycles. The molecule has 2 aromatic carbocycles. The van der Waals surface area contributed by atoms with Gasteiger partial charge in [-0.2, -0.15) is 0 Å². The first kappa shape index (κ1) is 11.6. The summed E-state index contributed by atoms with van der Waals surface area (Å²) in [5.41, 5.74) is 2.49. The summed E-state index contributed by atoms with van der Waals surface area (Å²) in [6.45, 7) is 1.78. The summed E-state index contributed by atoms with van der Waals surface area (Å²) in [6, 6.07) is 14.6. The van der Waals surface area contributed by atoms with Gasteiger partial charge in [0.05, 0.1) is 30.6 Å². The predicted octanol–water partition coefficient (Wildman–Crippen LogP) is 4.34. The van der Waals surface area contributed by atoms with Crippen LogP contribution in [0.25, 0.3) is 0 Å². The molecule has 1 saturated heterocycles. The number of benzene rings is 2. The van der Waals surface area contributed by atoms with Crippen molar-refractivity contribution in [2.24, 2.45) is 0 Å². The standard InChI is InChI=1S/C15H12ClNOS/c16-10-5-6-13-15(7-10)19-14-4-2-1-3-12(14)17(13)8-11-9-18-11/h1-7,11H,8-9H2. The lowest BCUT2D eigenvalue weighted by molar-refractivity contribution is 0.411. The van der Waals surface area contributed by atoms with Gasteiger partial charge in [-0.1, -0.05) is 35.5 Å². The molecule has 1 atom stereocenters. The van der Waals surface area contributed by atoms with Crippen LogP contribution in [-0.2, 0) is 4.74 Å². The number of anilines is 2. The first-order valence-electron chi connectivity index (χ1n) is 6.27. The summed E-state index contributed by atoms with van der Waals surface area (Å²) in [6.07, 6.45) is 0.361. The SMILES string of the molecule is Clc1ccc2c(c1)Sc1ccccc1N2CC1CO1. The topological polar surface area (TPSA) is 15.8 Å². The smallest absolute Gasteiger partial charge is 0.0988 e. The molecule has 4 heteroatoms. The van der Waals surface area contributed by atoms with E-state index in [-0.39, 0.29) is 0 Å². The highest BCUT2D eigenvalue weighted by Gasteiger charge is 2.30. The van der Waals surface area contributed by atoms with E-state index >= 15 is 0 Å². The molecule has 1 unspecified atom stereocenters. The van der Waals surface area contributed by atoms with Gasteiger partial charge >= 0.3 is 0 Å². The maximum absolute atomic E-state index is 6.11. The molecule has 2 aliphatic heterocycles. The third kappa shape index (κ3) is 2.12. The fourth-order valence-electron chi connectivity index (χ4n) is 2.38. The lowest BCUT2D eigenvalue weighted by Crippen LogP contribution is -2.25. The van der Waals surface area contributed by atoms with Crippen LogP contribution < -0.4 is 4.90 Å². The minimum Gasteiger partial charge on any atom is -0.371 e. The summed E-state index contributed by atoms with van der Waals surface area (Å²) in [7, 11) is 0. The van der Waals surface area contributed by atoms with Crippen LogP contribution in [0.3, 0.4) is 0 Å². The molecule has 2 aromatic rings. The Morgan fingerprint density at radius 2 is 1.95 bits per heavy atom. The molecule has 2 heterocycles. The van der Waals surface area contributed by atoms with Crippen LogP contribution in [-0.4, -0.2) is 19.3 Å². The van der Waals surface area contributed by atoms with Crippen molar-refractivity contribution in [2.75, 3.05) is 18.1 Å². The summed E-state index contributed by atoms with van der Waals surface area (Å²) >= 11 is 7.89. The Morgan fingerprint density at radius 1 is 1.16 bits per heavy atom. The van der Waals surface area contributed by atoms with Gasteiger partial charge in [-0.15, -0.1) is 0 Å². The molecule has 0 amide bonds. The number of nitrogens with zero attached hydrogens (tertiary/aromatic N) is 1. The molecule has 0 spiro atoms. The van der Waals surface area contributed by atoms with Crippen molar-refractivity contribution in [2.45, 2.75) is 15.9 Å². The molecular formula is C15H12ClNOS. The lowest BCUT2D eigenvalue weighted by atomic mass is 10.2. The van der Waals surface area contributed by atoms with Gasteiger partial charge in [0.2, 0.25) is 0 Å². The fourth-order valence-corrected chi connectivity index (χ4v) is 3.75. The molecule has 2 nitrogen and oxygen atoms in total. The molecule has 4 rings (SSSR count). The highest BCUT2D eigenvalue weighted by atomic mass is 35.5. The zero-order chi connectivity index (χ0) is 12.8. The average molecular weight is 290 g/mol. The molecule has 0 aromatic heterocycles. The van der Waals surface area contributed by atoms with E-state index in [1.54, 1.807) is 11.8 Å². The second-order valence-electron chi connectivity index (χ2n) is 4.75. The van der Waals surface area contributed by atoms with Gasteiger partial charge in [0.1, 0.15) is 0 Å². The number of para-hydroxylation sites is 1. The van der Waals surface area contributed by atoms with Crippen LogP contribution in [0.15, 0.2) is 52.3 Å². The van der Waals surface area contributed by atoms with E-state index in [9.17, 15) is 0 Å². The Kier molecular flexibility index (Phi) is 2.72. The number of hydrogen-bond donors (Lipinski definition) is 0. The lowest BCUT2D eigenvalue weighted by Gasteiger charge is -2.32. The van der Waals surface area contributed by atoms with Gasteiger partial charge in [-0.05, 0) is 30.3 Å². The van der Waals surface area contributed by atoms with Crippen molar-refractivity contribution in [3.63, 3.8) is 0 Å². The monoisotopic (exact) mass is 289 g/mol. The van der Waals surface area contributed by atoms with Crippen LogP contribution in [0.4, 0.5) is 11.4 Å². The maximum atomic E-state index is 6.11. The summed E-state index contributed by atoms with van der Waals surface area (Å²) in [5.74, 6) is 0. The Hall–Kier alpha value is -1.16. The van der Waals surface area contributed by atoms with Crippen LogP contribution in [0.5, 0.6) is 0 Å². The van der Waals surface area contributed by atoms with E-state index in [0.717, 1.165) is 18.2 Å². The van der Waals surface area contributed by atoms with Crippen molar-refractivity contribution in [1.82, 2.24) is 0 Å². The van der Waals surface area contributed by atoms with Crippen molar-refractivity contribution in [3.8, 4) is 0 Å². The van der Waals surface area contributed by atoms with E-state index in [1.165, 1.54) is 21.2 Å². The van der Waals surface area contributed by atoms with Gasteiger partial charge in [0.25, 0.3) is 0 Å². The van der Waals surface area contributed by atoms with Crippen molar-refractivity contribution >= 4 is 34.7 Å². The van der Waals surface area contributed by atoms with Crippen molar-refractivity contribution in [3.05, 3.63) is 47.5 Å². The number of halogens is 1. The van der Waals surface area contributed by atoms with E-state index < -0.39 is 0 Å². The number of ether oxygens (including phenoxy) is 1. The van der Waals surface area contributed by atoms with Gasteiger partial charge in [0, 0.05) is 14.8 Å². The Labute approximate surface area is 121 Å². The van der Waals surface area contributed by atoms with Gasteiger partial charge in [-0.3, -0.25) is 0 Å². The second-order valence-corrected chi connectivity index (χ2v) is 6.27. The van der Waals surface area contributed by atoms with Crippen LogP contribution in [0.2, 0.25) is 5.02 Å². The van der Waals surface area contributed by atoms with Crippen LogP contribution in [0.1, 0.15) is 0 Å². The van der Waals surface area contributed by atoms with E-state index in [2.05, 4.69) is 35.2 Å². The number of fused-ring (bicyclic) bond motifs is 2. The number of epoxide rings is 1. The normalized spacial score (nSPS) is 19.8. The summed E-state index contributed by atoms with van der Waals surface area (Å²) < 4.78 is 5.39. The molecule has 1 fully saturated rings. The van der Waals surface area contributed by atoms with E-state index in [0.29, 0.717) is 6.10 Å². The van der Waals surface area contributed by atoms with Crippen LogP contribution in [0, 0.1) is 0 Å². The zero-order valence-electron chi connectivity index (χ0n) is 10.2. The van der Waals surface area contributed by atoms with E-state index in [4.69, 9.17) is 16.3 Å². The fraction of sp³-hybridized carbons (Fsp3) is 0.200. The Balaban J connectivity index is 1.83. The van der Waals surface area contributed by atoms with Gasteiger partial charge in [-0.25, -0.2) is 0 Å². The molecule has 0 radical (unpaired) electrons. The number of hydrogen-bond acceptors (Lipinski definition) is 3. The third-order valence-electron chi connectivity index (χ3n) is 3.38. The van der Waals surface area contributed by atoms with Gasteiger partial charge in [0.15, 0.2) is 0 Å². The maximum Gasteiger partial charge on any atom is 0.0988 e. The van der Waals surface area contributed by atoms with Crippen molar-refractivity contribution in [1.29, 1.82) is 0 Å². The predicted molar refractivity (Wildman–Crippen MR) is 78.8 cm³/mol. The van der Waals surface area contributed by atoms with Crippen molar-refractivity contribution < 1.29 is 4.74 Å². The minimum atomic E-state index is 0.361. The highest BCUT2D eigenvalue weighted by molar-refractivity contribution is 7.99. The third-order valence-corrected chi connectivity index (χ3v) is 4.72. The highest BCUT2D eigenvalue weighted by Crippen LogP contribution is 2.49. The molecule has 0 bridgehead atoms. The molecule has 0 aliphatic carbocycles. The Morgan fingerprint density at radius 3 is 2.79 bits per heavy atom. The minimum absolute atomic E-state index is 0.361. The molecular weight excluding hydrogens is 278 g/mol. The molecule has 0 N–H and O–H groups in total. The summed E-state index contributed by atoms with van der Waals surface area (Å²) in [4.78, 5) is 4.83. The Bertz CT molecular complexity index is 642. The quantitative estimate of drug-likeness (QED) is 0.765. The van der Waals surface area contributed by atoms with Crippen LogP contribution >= 0.6 is 23.4 Å². The molecule has 2 aliphatic rings.